The lowest BCUT2D eigenvalue weighted by Crippen LogP contribution is -2.37. The van der Waals surface area contributed by atoms with Gasteiger partial charge < -0.3 is 10.1 Å². The maximum Gasteiger partial charge on any atom is 0.415 e. The van der Waals surface area contributed by atoms with Crippen molar-refractivity contribution in [3.8, 4) is 0 Å². The molecule has 3 aromatic heterocycles. The molecule has 1 amide bonds. The molecule has 2 atom stereocenters. The van der Waals surface area contributed by atoms with Gasteiger partial charge in [0.2, 0.25) is 10.9 Å². The van der Waals surface area contributed by atoms with Crippen LogP contribution in [0, 0.1) is 5.92 Å². The Bertz CT molecular complexity index is 909. The van der Waals surface area contributed by atoms with Gasteiger partial charge in [-0.1, -0.05) is 25.2 Å². The van der Waals surface area contributed by atoms with Crippen LogP contribution in [0.5, 0.6) is 0 Å². The number of ether oxygens (including phenoxy) is 1. The average Bonchev–Trinajstić information content (AvgIpc) is 3.28. The van der Waals surface area contributed by atoms with E-state index in [-0.39, 0.29) is 24.1 Å². The second kappa shape index (κ2) is 6.52. The van der Waals surface area contributed by atoms with E-state index in [1.165, 1.54) is 11.3 Å². The molecule has 0 spiro atoms. The first-order chi connectivity index (χ1) is 12.5. The standard InChI is InChI=1S/C16H19N7O2S/c1-9(2)12-7-25-16(24)23(12)13-4-5-17-14(21-13)19-10(3)11-6-22-15(20-11)26-8-18-22/h4-6,8-10,12H,7H2,1-3H3,(H,17,19,21)/t10-,12?/m1/s1. The summed E-state index contributed by atoms with van der Waals surface area (Å²) in [7, 11) is 0. The molecule has 1 aliphatic heterocycles. The number of nitrogens with zero attached hydrogens (tertiary/aromatic N) is 6. The Kier molecular flexibility index (Phi) is 4.19. The molecule has 3 aromatic rings. The van der Waals surface area contributed by atoms with Crippen molar-refractivity contribution < 1.29 is 9.53 Å². The molecule has 1 fully saturated rings. The summed E-state index contributed by atoms with van der Waals surface area (Å²) in [6.45, 7) is 6.46. The first-order valence-corrected chi connectivity index (χ1v) is 9.25. The molecule has 9 nitrogen and oxygen atoms in total. The molecule has 4 heterocycles. The largest absolute Gasteiger partial charge is 0.447 e. The number of carbonyl (C=O) groups excluding carboxylic acids is 1. The highest BCUT2D eigenvalue weighted by molar-refractivity contribution is 7.14. The summed E-state index contributed by atoms with van der Waals surface area (Å²) in [5.74, 6) is 1.22. The van der Waals surface area contributed by atoms with Crippen LogP contribution in [0.15, 0.2) is 24.0 Å². The topological polar surface area (TPSA) is 97.5 Å². The number of cyclic esters (lactones) is 1. The maximum absolute atomic E-state index is 12.1. The fourth-order valence-electron chi connectivity index (χ4n) is 2.87. The Labute approximate surface area is 154 Å². The quantitative estimate of drug-likeness (QED) is 0.734. The Balaban J connectivity index is 1.55. The Morgan fingerprint density at radius 3 is 2.96 bits per heavy atom. The van der Waals surface area contributed by atoms with Gasteiger partial charge in [-0.05, 0) is 18.9 Å². The van der Waals surface area contributed by atoms with Crippen LogP contribution in [0.1, 0.15) is 32.5 Å². The molecule has 136 valence electrons. The molecule has 1 saturated heterocycles. The van der Waals surface area contributed by atoms with Crippen LogP contribution in [0.2, 0.25) is 0 Å². The highest BCUT2D eigenvalue weighted by Crippen LogP contribution is 2.26. The van der Waals surface area contributed by atoms with Crippen LogP contribution in [0.3, 0.4) is 0 Å². The van der Waals surface area contributed by atoms with Crippen molar-refractivity contribution in [3.05, 3.63) is 29.7 Å². The molecule has 1 unspecified atom stereocenters. The second-order valence-electron chi connectivity index (χ2n) is 6.49. The molecule has 0 aromatic carbocycles. The Morgan fingerprint density at radius 1 is 1.35 bits per heavy atom. The summed E-state index contributed by atoms with van der Waals surface area (Å²) >= 11 is 1.48. The van der Waals surface area contributed by atoms with E-state index in [1.807, 2.05) is 13.1 Å². The van der Waals surface area contributed by atoms with Crippen molar-refractivity contribution in [1.82, 2.24) is 24.6 Å². The van der Waals surface area contributed by atoms with E-state index in [0.717, 1.165) is 10.7 Å². The van der Waals surface area contributed by atoms with Gasteiger partial charge in [-0.3, -0.25) is 4.90 Å². The Morgan fingerprint density at radius 2 is 2.19 bits per heavy atom. The Hall–Kier alpha value is -2.75. The van der Waals surface area contributed by atoms with Crippen LogP contribution < -0.4 is 10.2 Å². The lowest BCUT2D eigenvalue weighted by molar-refractivity contribution is 0.177. The number of amides is 1. The van der Waals surface area contributed by atoms with Gasteiger partial charge in [-0.15, -0.1) is 0 Å². The molecule has 1 N–H and O–H groups in total. The summed E-state index contributed by atoms with van der Waals surface area (Å²) in [6.07, 6.45) is 3.13. The molecule has 0 saturated carbocycles. The third-order valence-electron chi connectivity index (χ3n) is 4.36. The van der Waals surface area contributed by atoms with Gasteiger partial charge in [0.1, 0.15) is 17.9 Å². The smallest absolute Gasteiger partial charge is 0.415 e. The van der Waals surface area contributed by atoms with Crippen LogP contribution in [-0.2, 0) is 4.74 Å². The maximum atomic E-state index is 12.1. The van der Waals surface area contributed by atoms with Crippen molar-refractivity contribution in [2.24, 2.45) is 5.92 Å². The number of nitrogens with one attached hydrogen (secondary N) is 1. The molecular formula is C16H19N7O2S. The molecule has 26 heavy (non-hydrogen) atoms. The number of hydrogen-bond donors (Lipinski definition) is 1. The zero-order chi connectivity index (χ0) is 18.3. The third kappa shape index (κ3) is 2.96. The minimum Gasteiger partial charge on any atom is -0.447 e. The SMILES string of the molecule is CC(C)C1COC(=O)N1c1ccnc(N[C@H](C)c2cn3ncsc3n2)n1. The molecule has 1 aliphatic rings. The van der Waals surface area contributed by atoms with Gasteiger partial charge in [0.25, 0.3) is 0 Å². The predicted molar refractivity (Wildman–Crippen MR) is 97.4 cm³/mol. The van der Waals surface area contributed by atoms with Gasteiger partial charge in [0.15, 0.2) is 0 Å². The number of anilines is 2. The molecule has 0 aliphatic carbocycles. The van der Waals surface area contributed by atoms with Gasteiger partial charge in [-0.25, -0.2) is 19.3 Å². The van der Waals surface area contributed by atoms with E-state index in [9.17, 15) is 4.79 Å². The summed E-state index contributed by atoms with van der Waals surface area (Å²) < 4.78 is 6.94. The number of fused-ring (bicyclic) bond motifs is 1. The van der Waals surface area contributed by atoms with E-state index in [2.05, 4.69) is 39.2 Å². The van der Waals surface area contributed by atoms with Crippen LogP contribution in [0.25, 0.3) is 4.96 Å². The van der Waals surface area contributed by atoms with Gasteiger partial charge in [0.05, 0.1) is 24.0 Å². The van der Waals surface area contributed by atoms with Crippen LogP contribution in [0.4, 0.5) is 16.6 Å². The fourth-order valence-corrected chi connectivity index (χ4v) is 3.48. The minimum atomic E-state index is -0.373. The molecule has 0 bridgehead atoms. The van der Waals surface area contributed by atoms with E-state index < -0.39 is 0 Å². The molecule has 0 radical (unpaired) electrons. The van der Waals surface area contributed by atoms with E-state index >= 15 is 0 Å². The minimum absolute atomic E-state index is 0.0336. The summed E-state index contributed by atoms with van der Waals surface area (Å²) in [5.41, 5.74) is 2.59. The van der Waals surface area contributed by atoms with Crippen molar-refractivity contribution in [2.45, 2.75) is 32.9 Å². The third-order valence-corrected chi connectivity index (χ3v) is 5.05. The van der Waals surface area contributed by atoms with Gasteiger partial charge in [0, 0.05) is 6.20 Å². The number of hydrogen-bond acceptors (Lipinski definition) is 8. The monoisotopic (exact) mass is 373 g/mol. The highest BCUT2D eigenvalue weighted by Gasteiger charge is 2.37. The lowest BCUT2D eigenvalue weighted by atomic mass is 10.0. The molecular weight excluding hydrogens is 354 g/mol. The first kappa shape index (κ1) is 16.7. The van der Waals surface area contributed by atoms with E-state index in [0.29, 0.717) is 18.4 Å². The van der Waals surface area contributed by atoms with Crippen molar-refractivity contribution in [1.29, 1.82) is 0 Å². The number of rotatable bonds is 5. The van der Waals surface area contributed by atoms with E-state index in [4.69, 9.17) is 4.74 Å². The van der Waals surface area contributed by atoms with Gasteiger partial charge >= 0.3 is 6.09 Å². The van der Waals surface area contributed by atoms with Crippen molar-refractivity contribution in [3.63, 3.8) is 0 Å². The highest BCUT2D eigenvalue weighted by atomic mass is 32.1. The van der Waals surface area contributed by atoms with Gasteiger partial charge in [-0.2, -0.15) is 10.1 Å². The number of imidazole rings is 1. The zero-order valence-electron chi connectivity index (χ0n) is 14.7. The van der Waals surface area contributed by atoms with E-state index in [1.54, 1.807) is 27.2 Å². The number of aromatic nitrogens is 5. The van der Waals surface area contributed by atoms with Crippen molar-refractivity contribution in [2.75, 3.05) is 16.8 Å². The van der Waals surface area contributed by atoms with Crippen LogP contribution in [-0.4, -0.2) is 43.3 Å². The molecule has 4 rings (SSSR count). The summed E-state index contributed by atoms with van der Waals surface area (Å²) in [5, 5.41) is 7.42. The zero-order valence-corrected chi connectivity index (χ0v) is 15.5. The fraction of sp³-hybridized carbons (Fsp3) is 0.438. The summed E-state index contributed by atoms with van der Waals surface area (Å²) in [6, 6.07) is 1.58. The summed E-state index contributed by atoms with van der Waals surface area (Å²) in [4.78, 5) is 27.8. The first-order valence-electron chi connectivity index (χ1n) is 8.37. The predicted octanol–water partition coefficient (Wildman–Crippen LogP) is 2.74. The second-order valence-corrected chi connectivity index (χ2v) is 7.31. The number of carbonyl (C=O) groups is 1. The van der Waals surface area contributed by atoms with Crippen molar-refractivity contribution >= 4 is 34.2 Å². The van der Waals surface area contributed by atoms with Crippen LogP contribution >= 0.6 is 11.3 Å². The lowest BCUT2D eigenvalue weighted by Gasteiger charge is -2.23. The average molecular weight is 373 g/mol. The molecule has 10 heteroatoms. The normalized spacial score (nSPS) is 18.5.